The van der Waals surface area contributed by atoms with Crippen LogP contribution in [0.25, 0.3) is 0 Å². The van der Waals surface area contributed by atoms with Crippen LogP contribution in [0.5, 0.6) is 0 Å². The lowest BCUT2D eigenvalue weighted by molar-refractivity contribution is 0.236. The van der Waals surface area contributed by atoms with Gasteiger partial charge in [-0.1, -0.05) is 18.2 Å². The van der Waals surface area contributed by atoms with Crippen molar-refractivity contribution in [1.29, 1.82) is 0 Å². The molecule has 0 bridgehead atoms. The highest BCUT2D eigenvalue weighted by atomic mass is 15.3. The molecule has 0 radical (unpaired) electrons. The van der Waals surface area contributed by atoms with E-state index in [0.717, 1.165) is 32.7 Å². The summed E-state index contributed by atoms with van der Waals surface area (Å²) in [6.07, 6.45) is 2.43. The van der Waals surface area contributed by atoms with Crippen LogP contribution in [-0.2, 0) is 0 Å². The minimum absolute atomic E-state index is 0.162. The Hall–Kier alpha value is -1.06. The van der Waals surface area contributed by atoms with Crippen molar-refractivity contribution in [2.45, 2.75) is 18.4 Å². The summed E-state index contributed by atoms with van der Waals surface area (Å²) in [4.78, 5) is 4.99. The van der Waals surface area contributed by atoms with Crippen LogP contribution < -0.4 is 10.6 Å². The van der Waals surface area contributed by atoms with Crippen molar-refractivity contribution in [1.82, 2.24) is 4.90 Å². The van der Waals surface area contributed by atoms with Gasteiger partial charge in [0.15, 0.2) is 0 Å². The summed E-state index contributed by atoms with van der Waals surface area (Å²) >= 11 is 0. The maximum absolute atomic E-state index is 6.17. The number of hydrogen-bond donors (Lipinski definition) is 1. The molecule has 1 aliphatic carbocycles. The summed E-state index contributed by atoms with van der Waals surface area (Å²) in [5, 5.41) is 0. The number of nitrogens with zero attached hydrogens (tertiary/aromatic N) is 2. The van der Waals surface area contributed by atoms with Gasteiger partial charge in [-0.3, -0.25) is 4.90 Å². The Kier molecular flexibility index (Phi) is 2.81. The van der Waals surface area contributed by atoms with Crippen molar-refractivity contribution in [3.63, 3.8) is 0 Å². The van der Waals surface area contributed by atoms with Gasteiger partial charge in [-0.25, -0.2) is 0 Å². The van der Waals surface area contributed by atoms with Crippen LogP contribution in [-0.4, -0.2) is 43.2 Å². The monoisotopic (exact) mass is 231 g/mol. The molecular formula is C14H21N3. The van der Waals surface area contributed by atoms with Crippen molar-refractivity contribution in [3.05, 3.63) is 30.3 Å². The quantitative estimate of drug-likeness (QED) is 0.851. The molecule has 0 spiro atoms. The first kappa shape index (κ1) is 11.1. The Labute approximate surface area is 103 Å². The standard InChI is InChI=1S/C14H21N3/c15-14(6-7-14)12-16-8-10-17(11-9-16)13-4-2-1-3-5-13/h1-5H,6-12,15H2. The maximum Gasteiger partial charge on any atom is 0.0367 e. The van der Waals surface area contributed by atoms with Crippen molar-refractivity contribution in [3.8, 4) is 0 Å². The number of piperazine rings is 1. The van der Waals surface area contributed by atoms with E-state index in [4.69, 9.17) is 5.73 Å². The highest BCUT2D eigenvalue weighted by molar-refractivity contribution is 5.46. The lowest BCUT2D eigenvalue weighted by Crippen LogP contribution is -2.50. The lowest BCUT2D eigenvalue weighted by Gasteiger charge is -2.37. The van der Waals surface area contributed by atoms with E-state index in [0.29, 0.717) is 0 Å². The Morgan fingerprint density at radius 1 is 1.00 bits per heavy atom. The normalized spacial score (nSPS) is 23.7. The van der Waals surface area contributed by atoms with E-state index < -0.39 is 0 Å². The third kappa shape index (κ3) is 2.61. The van der Waals surface area contributed by atoms with Gasteiger partial charge in [-0.2, -0.15) is 0 Å². The first-order valence-electron chi connectivity index (χ1n) is 6.56. The molecule has 2 fully saturated rings. The van der Waals surface area contributed by atoms with E-state index in [9.17, 15) is 0 Å². The molecule has 2 aliphatic rings. The zero-order chi connectivity index (χ0) is 11.7. The molecule has 92 valence electrons. The maximum atomic E-state index is 6.17. The predicted molar refractivity (Wildman–Crippen MR) is 71.2 cm³/mol. The van der Waals surface area contributed by atoms with Gasteiger partial charge in [0.1, 0.15) is 0 Å². The molecule has 1 aromatic rings. The topological polar surface area (TPSA) is 32.5 Å². The Balaban J connectivity index is 1.54. The van der Waals surface area contributed by atoms with Gasteiger partial charge < -0.3 is 10.6 Å². The SMILES string of the molecule is NC1(CN2CCN(c3ccccc3)CC2)CC1. The van der Waals surface area contributed by atoms with E-state index >= 15 is 0 Å². The number of para-hydroxylation sites is 1. The van der Waals surface area contributed by atoms with Crippen molar-refractivity contribution in [2.24, 2.45) is 5.73 Å². The van der Waals surface area contributed by atoms with Crippen molar-refractivity contribution in [2.75, 3.05) is 37.6 Å². The van der Waals surface area contributed by atoms with Gasteiger partial charge in [-0.15, -0.1) is 0 Å². The Bertz CT molecular complexity index is 364. The van der Waals surface area contributed by atoms with E-state index in [1.165, 1.54) is 18.5 Å². The minimum Gasteiger partial charge on any atom is -0.369 e. The molecule has 1 aliphatic heterocycles. The third-order valence-electron chi connectivity index (χ3n) is 3.92. The van der Waals surface area contributed by atoms with E-state index in [-0.39, 0.29) is 5.54 Å². The second-order valence-electron chi connectivity index (χ2n) is 5.46. The van der Waals surface area contributed by atoms with E-state index in [1.807, 2.05) is 0 Å². The average Bonchev–Trinajstić information content (AvgIpc) is 3.09. The first-order valence-corrected chi connectivity index (χ1v) is 6.56. The van der Waals surface area contributed by atoms with Crippen LogP contribution in [0.15, 0.2) is 30.3 Å². The van der Waals surface area contributed by atoms with Crippen LogP contribution in [0, 0.1) is 0 Å². The molecule has 1 saturated carbocycles. The molecule has 3 rings (SSSR count). The summed E-state index contributed by atoms with van der Waals surface area (Å²) in [6.45, 7) is 5.64. The third-order valence-corrected chi connectivity index (χ3v) is 3.92. The Morgan fingerprint density at radius 2 is 1.65 bits per heavy atom. The van der Waals surface area contributed by atoms with Gasteiger partial charge in [0.05, 0.1) is 0 Å². The van der Waals surface area contributed by atoms with Gasteiger partial charge in [-0.05, 0) is 25.0 Å². The van der Waals surface area contributed by atoms with Gasteiger partial charge in [0, 0.05) is 44.0 Å². The molecular weight excluding hydrogens is 210 g/mol. The summed E-state index contributed by atoms with van der Waals surface area (Å²) < 4.78 is 0. The molecule has 0 atom stereocenters. The predicted octanol–water partition coefficient (Wildman–Crippen LogP) is 1.30. The molecule has 1 aromatic carbocycles. The molecule has 3 heteroatoms. The van der Waals surface area contributed by atoms with Crippen LogP contribution in [0.1, 0.15) is 12.8 Å². The Morgan fingerprint density at radius 3 is 2.24 bits per heavy atom. The second-order valence-corrected chi connectivity index (χ2v) is 5.46. The number of hydrogen-bond acceptors (Lipinski definition) is 3. The molecule has 0 amide bonds. The lowest BCUT2D eigenvalue weighted by atomic mass is 10.2. The van der Waals surface area contributed by atoms with Crippen LogP contribution in [0.2, 0.25) is 0 Å². The fourth-order valence-electron chi connectivity index (χ4n) is 2.57. The number of nitrogens with two attached hydrogens (primary N) is 1. The number of benzene rings is 1. The molecule has 0 aromatic heterocycles. The molecule has 1 heterocycles. The van der Waals surface area contributed by atoms with Gasteiger partial charge in [0.2, 0.25) is 0 Å². The first-order chi connectivity index (χ1) is 8.25. The van der Waals surface area contributed by atoms with Crippen molar-refractivity contribution >= 4 is 5.69 Å². The summed E-state index contributed by atoms with van der Waals surface area (Å²) in [6, 6.07) is 10.7. The second kappa shape index (κ2) is 4.31. The number of rotatable bonds is 3. The van der Waals surface area contributed by atoms with Gasteiger partial charge in [0.25, 0.3) is 0 Å². The van der Waals surface area contributed by atoms with Crippen LogP contribution >= 0.6 is 0 Å². The van der Waals surface area contributed by atoms with E-state index in [2.05, 4.69) is 40.1 Å². The zero-order valence-electron chi connectivity index (χ0n) is 10.3. The van der Waals surface area contributed by atoms with Gasteiger partial charge >= 0.3 is 0 Å². The highest BCUT2D eigenvalue weighted by Gasteiger charge is 2.40. The summed E-state index contributed by atoms with van der Waals surface area (Å²) in [5.74, 6) is 0. The largest absolute Gasteiger partial charge is 0.369 e. The molecule has 17 heavy (non-hydrogen) atoms. The summed E-state index contributed by atoms with van der Waals surface area (Å²) in [7, 11) is 0. The fourth-order valence-corrected chi connectivity index (χ4v) is 2.57. The smallest absolute Gasteiger partial charge is 0.0367 e. The summed E-state index contributed by atoms with van der Waals surface area (Å²) in [5.41, 5.74) is 7.68. The fraction of sp³-hybridized carbons (Fsp3) is 0.571. The van der Waals surface area contributed by atoms with Crippen LogP contribution in [0.4, 0.5) is 5.69 Å². The zero-order valence-corrected chi connectivity index (χ0v) is 10.3. The molecule has 3 nitrogen and oxygen atoms in total. The molecule has 1 saturated heterocycles. The van der Waals surface area contributed by atoms with Crippen LogP contribution in [0.3, 0.4) is 0 Å². The highest BCUT2D eigenvalue weighted by Crippen LogP contribution is 2.33. The molecule has 2 N–H and O–H groups in total. The minimum atomic E-state index is 0.162. The average molecular weight is 231 g/mol. The molecule has 0 unspecified atom stereocenters. The van der Waals surface area contributed by atoms with Crippen molar-refractivity contribution < 1.29 is 0 Å². The van der Waals surface area contributed by atoms with E-state index in [1.54, 1.807) is 0 Å². The number of anilines is 1.